The summed E-state index contributed by atoms with van der Waals surface area (Å²) in [5.41, 5.74) is 0. The first-order valence-electron chi connectivity index (χ1n) is 3.43. The number of carbonyl (C=O) groups excluding carboxylic acids is 2. The summed E-state index contributed by atoms with van der Waals surface area (Å²) in [5.74, 6) is -4.22. The van der Waals surface area contributed by atoms with Crippen molar-refractivity contribution in [1.29, 1.82) is 0 Å². The summed E-state index contributed by atoms with van der Waals surface area (Å²) in [5, 5.41) is 54.7. The summed E-state index contributed by atoms with van der Waals surface area (Å²) in [7, 11) is 0. The Bertz CT molecular complexity index is 207. The van der Waals surface area contributed by atoms with Crippen molar-refractivity contribution in [2.75, 3.05) is 0 Å². The summed E-state index contributed by atoms with van der Waals surface area (Å²) in [6.07, 6.45) is -9.76. The minimum Gasteiger partial charge on any atom is -0.547 e. The van der Waals surface area contributed by atoms with Crippen LogP contribution >= 0.6 is 0 Å². The molecule has 0 aromatic carbocycles. The average Bonchev–Trinajstić information content (AvgIpc) is 2.12. The van der Waals surface area contributed by atoms with Gasteiger partial charge >= 0.3 is 21.1 Å². The van der Waals surface area contributed by atoms with Gasteiger partial charge in [-0.2, -0.15) is 0 Å². The minimum atomic E-state index is -2.50. The monoisotopic (exact) mass is 403 g/mol. The third kappa shape index (κ3) is 4.67. The fourth-order valence-electron chi connectivity index (χ4n) is 0.652. The third-order valence-electron chi connectivity index (χ3n) is 1.48. The van der Waals surface area contributed by atoms with Crippen LogP contribution in [0.1, 0.15) is 0 Å². The SMILES string of the molecule is O=C([O-])[C@@H](O)[C@@H](O)[C@H](O)[C@@H](O)C(=O)[O-].[Pt+2]. The van der Waals surface area contributed by atoms with Crippen LogP contribution in [0.4, 0.5) is 0 Å². The van der Waals surface area contributed by atoms with E-state index in [-0.39, 0.29) is 21.1 Å². The van der Waals surface area contributed by atoms with Gasteiger partial charge in [0.2, 0.25) is 0 Å². The van der Waals surface area contributed by atoms with Gasteiger partial charge in [-0.1, -0.05) is 0 Å². The topological polar surface area (TPSA) is 161 Å². The molecule has 8 nitrogen and oxygen atoms in total. The molecule has 9 heteroatoms. The van der Waals surface area contributed by atoms with Crippen molar-refractivity contribution in [2.45, 2.75) is 24.4 Å². The van der Waals surface area contributed by atoms with Crippen LogP contribution in [0, 0.1) is 0 Å². The Labute approximate surface area is 98.0 Å². The van der Waals surface area contributed by atoms with Gasteiger partial charge in [-0.05, 0) is 0 Å². The third-order valence-corrected chi connectivity index (χ3v) is 1.48. The van der Waals surface area contributed by atoms with E-state index in [9.17, 15) is 19.8 Å². The van der Waals surface area contributed by atoms with E-state index in [1.807, 2.05) is 0 Å². The Morgan fingerprint density at radius 1 is 0.800 bits per heavy atom. The zero-order chi connectivity index (χ0) is 11.5. The maximum atomic E-state index is 9.96. The minimum absolute atomic E-state index is 0. The molecule has 0 bridgehead atoms. The van der Waals surface area contributed by atoms with Crippen LogP contribution in [0.15, 0.2) is 0 Å². The van der Waals surface area contributed by atoms with E-state index in [2.05, 4.69) is 0 Å². The van der Waals surface area contributed by atoms with Crippen LogP contribution in [0.5, 0.6) is 0 Å². The van der Waals surface area contributed by atoms with E-state index in [1.54, 1.807) is 0 Å². The van der Waals surface area contributed by atoms with E-state index in [1.165, 1.54) is 0 Å². The predicted molar refractivity (Wildman–Crippen MR) is 34.0 cm³/mol. The molecule has 0 aliphatic rings. The molecule has 0 fully saturated rings. The van der Waals surface area contributed by atoms with Gasteiger partial charge in [-0.15, -0.1) is 0 Å². The predicted octanol–water partition coefficient (Wildman–Crippen LogP) is -6.07. The van der Waals surface area contributed by atoms with Gasteiger partial charge in [0, 0.05) is 0 Å². The second-order valence-corrected chi connectivity index (χ2v) is 2.51. The van der Waals surface area contributed by atoms with E-state index in [0.717, 1.165) is 0 Å². The van der Waals surface area contributed by atoms with Crippen LogP contribution in [0.3, 0.4) is 0 Å². The molecule has 0 aromatic heterocycles. The Hall–Kier alpha value is -0.532. The van der Waals surface area contributed by atoms with Crippen LogP contribution in [0.25, 0.3) is 0 Å². The molecule has 0 aliphatic carbocycles. The maximum Gasteiger partial charge on any atom is 2.00 e. The van der Waals surface area contributed by atoms with Crippen molar-refractivity contribution in [1.82, 2.24) is 0 Å². The zero-order valence-corrected chi connectivity index (χ0v) is 9.32. The Morgan fingerprint density at radius 3 is 1.13 bits per heavy atom. The number of carbonyl (C=O) groups is 2. The van der Waals surface area contributed by atoms with Crippen molar-refractivity contribution >= 4 is 11.9 Å². The summed E-state index contributed by atoms with van der Waals surface area (Å²) in [6, 6.07) is 0. The van der Waals surface area contributed by atoms with Gasteiger partial charge < -0.3 is 40.2 Å². The summed E-state index contributed by atoms with van der Waals surface area (Å²) in [4.78, 5) is 19.9. The number of carboxylic acid groups (broad SMARTS) is 2. The normalized spacial score (nSPS) is 18.1. The van der Waals surface area contributed by atoms with Crippen LogP contribution in [-0.2, 0) is 30.7 Å². The van der Waals surface area contributed by atoms with Crippen LogP contribution in [-0.4, -0.2) is 56.8 Å². The van der Waals surface area contributed by atoms with E-state index in [0.29, 0.717) is 0 Å². The van der Waals surface area contributed by atoms with Crippen molar-refractivity contribution in [2.24, 2.45) is 0 Å². The number of hydrogen-bond donors (Lipinski definition) is 4. The number of aliphatic carboxylic acids is 2. The van der Waals surface area contributed by atoms with Gasteiger partial charge in [0.25, 0.3) is 0 Å². The van der Waals surface area contributed by atoms with Crippen molar-refractivity contribution in [3.05, 3.63) is 0 Å². The molecule has 0 spiro atoms. The standard InChI is InChI=1S/C6H10O8.Pt/c7-1(3(9)5(11)12)2(8)4(10)6(13)14;/h1-4,7-10H,(H,11,12)(H,13,14);/q;+2/p-2/t1-,2-,3-,4+;/m0./s1. The quantitative estimate of drug-likeness (QED) is 0.353. The van der Waals surface area contributed by atoms with Gasteiger partial charge in [0.1, 0.15) is 24.4 Å². The summed E-state index contributed by atoms with van der Waals surface area (Å²) >= 11 is 0. The Morgan fingerprint density at radius 2 is 1.00 bits per heavy atom. The average molecular weight is 403 g/mol. The molecule has 4 N–H and O–H groups in total. The molecule has 0 unspecified atom stereocenters. The first kappa shape index (κ1) is 16.9. The maximum absolute atomic E-state index is 9.96. The van der Waals surface area contributed by atoms with E-state index >= 15 is 0 Å². The molecule has 0 rings (SSSR count). The van der Waals surface area contributed by atoms with Gasteiger partial charge in [0.05, 0.1) is 11.9 Å². The van der Waals surface area contributed by atoms with Crippen molar-refractivity contribution in [3.63, 3.8) is 0 Å². The smallest absolute Gasteiger partial charge is 0.547 e. The van der Waals surface area contributed by atoms with Crippen molar-refractivity contribution in [3.8, 4) is 0 Å². The van der Waals surface area contributed by atoms with Crippen LogP contribution < -0.4 is 10.2 Å². The molecule has 0 aliphatic heterocycles. The summed E-state index contributed by atoms with van der Waals surface area (Å²) in [6.45, 7) is 0. The molecule has 90 valence electrons. The number of aliphatic hydroxyl groups is 4. The largest absolute Gasteiger partial charge is 2.00 e. The molecule has 0 aromatic rings. The second kappa shape index (κ2) is 6.86. The molecule has 0 saturated heterocycles. The molecular weight excluding hydrogens is 395 g/mol. The molecule has 4 atom stereocenters. The fraction of sp³-hybridized carbons (Fsp3) is 0.667. The first-order chi connectivity index (χ1) is 6.29. The van der Waals surface area contributed by atoms with Crippen LogP contribution in [0.2, 0.25) is 0 Å². The number of carboxylic acids is 2. The zero-order valence-electron chi connectivity index (χ0n) is 7.05. The number of rotatable bonds is 5. The molecule has 0 amide bonds. The Kier molecular flexibility index (Phi) is 7.72. The fourth-order valence-corrected chi connectivity index (χ4v) is 0.652. The molecule has 0 heterocycles. The van der Waals surface area contributed by atoms with Gasteiger partial charge in [-0.3, -0.25) is 0 Å². The molecule has 15 heavy (non-hydrogen) atoms. The second-order valence-electron chi connectivity index (χ2n) is 2.51. The van der Waals surface area contributed by atoms with Gasteiger partial charge in [-0.25, -0.2) is 0 Å². The molecular formula is C6H8O8Pt. The summed E-state index contributed by atoms with van der Waals surface area (Å²) < 4.78 is 0. The number of aliphatic hydroxyl groups excluding tert-OH is 4. The van der Waals surface area contributed by atoms with Crippen molar-refractivity contribution < 1.29 is 61.3 Å². The van der Waals surface area contributed by atoms with E-state index < -0.39 is 36.4 Å². The van der Waals surface area contributed by atoms with Gasteiger partial charge in [0.15, 0.2) is 0 Å². The molecule has 0 saturated carbocycles. The first-order valence-corrected chi connectivity index (χ1v) is 3.43. The van der Waals surface area contributed by atoms with E-state index in [4.69, 9.17) is 20.4 Å². The molecule has 0 radical (unpaired) electrons. The number of hydrogen-bond acceptors (Lipinski definition) is 8. The Balaban J connectivity index is 0.